The molecule has 0 atom stereocenters. The van der Waals surface area contributed by atoms with Gasteiger partial charge >= 0.3 is 15.6 Å². The van der Waals surface area contributed by atoms with Gasteiger partial charge in [-0.25, -0.2) is 4.98 Å². The van der Waals surface area contributed by atoms with Gasteiger partial charge < -0.3 is 4.18 Å². The highest BCUT2D eigenvalue weighted by molar-refractivity contribution is 7.87. The summed E-state index contributed by atoms with van der Waals surface area (Å²) in [6.07, 6.45) is 1.13. The Kier molecular flexibility index (Phi) is 2.89. The van der Waals surface area contributed by atoms with Crippen LogP contribution in [0, 0.1) is 6.92 Å². The molecule has 0 saturated carbocycles. The lowest BCUT2D eigenvalue weighted by atomic mass is 10.3. The predicted molar refractivity (Wildman–Crippen MR) is 44.6 cm³/mol. The third-order valence-corrected chi connectivity index (χ3v) is 2.38. The van der Waals surface area contributed by atoms with E-state index in [1.165, 1.54) is 19.1 Å². The van der Waals surface area contributed by atoms with Crippen LogP contribution in [0.15, 0.2) is 18.3 Å². The van der Waals surface area contributed by atoms with Crippen molar-refractivity contribution in [2.24, 2.45) is 0 Å². The Hall–Kier alpha value is -1.31. The predicted octanol–water partition coefficient (Wildman–Crippen LogP) is 1.62. The van der Waals surface area contributed by atoms with E-state index in [0.717, 1.165) is 6.20 Å². The molecule has 1 rings (SSSR count). The Balaban J connectivity index is 3.03. The third-order valence-electron chi connectivity index (χ3n) is 1.43. The topological polar surface area (TPSA) is 56.3 Å². The molecule has 15 heavy (non-hydrogen) atoms. The normalized spacial score (nSPS) is 12.5. The number of rotatable bonds is 2. The molecule has 1 aromatic rings. The van der Waals surface area contributed by atoms with E-state index in [-0.39, 0.29) is 5.56 Å². The molecule has 0 aromatic carbocycles. The molecular weight excluding hydrogens is 235 g/mol. The van der Waals surface area contributed by atoms with E-state index < -0.39 is 21.5 Å². The number of aryl methyl sites for hydroxylation is 1. The highest BCUT2D eigenvalue weighted by atomic mass is 32.2. The number of hydrogen-bond acceptors (Lipinski definition) is 4. The monoisotopic (exact) mass is 241 g/mol. The molecule has 1 heterocycles. The number of aromatic nitrogens is 1. The summed E-state index contributed by atoms with van der Waals surface area (Å²) in [6.45, 7) is 1.38. The van der Waals surface area contributed by atoms with Crippen LogP contribution in [-0.2, 0) is 10.1 Å². The quantitative estimate of drug-likeness (QED) is 0.583. The summed E-state index contributed by atoms with van der Waals surface area (Å²) in [5.41, 5.74) is -5.25. The largest absolute Gasteiger partial charge is 0.534 e. The van der Waals surface area contributed by atoms with Gasteiger partial charge in [0.1, 0.15) is 0 Å². The van der Waals surface area contributed by atoms with E-state index >= 15 is 0 Å². The van der Waals surface area contributed by atoms with Gasteiger partial charge in [-0.15, -0.1) is 0 Å². The van der Waals surface area contributed by atoms with Gasteiger partial charge in [0, 0.05) is 11.8 Å². The highest BCUT2D eigenvalue weighted by Crippen LogP contribution is 2.26. The SMILES string of the molecule is Cc1cccnc1OS(=O)(=O)C(F)(F)F. The molecule has 0 N–H and O–H groups in total. The second-order valence-corrected chi connectivity index (χ2v) is 4.15. The molecule has 0 saturated heterocycles. The maximum Gasteiger partial charge on any atom is 0.534 e. The Morgan fingerprint density at radius 3 is 2.47 bits per heavy atom. The van der Waals surface area contributed by atoms with Crippen molar-refractivity contribution in [2.45, 2.75) is 12.4 Å². The van der Waals surface area contributed by atoms with Crippen LogP contribution in [0.25, 0.3) is 0 Å². The fraction of sp³-hybridized carbons (Fsp3) is 0.286. The molecule has 0 amide bonds. The van der Waals surface area contributed by atoms with Crippen LogP contribution in [0.5, 0.6) is 5.88 Å². The van der Waals surface area contributed by atoms with Crippen molar-refractivity contribution in [3.05, 3.63) is 23.9 Å². The molecule has 0 fully saturated rings. The van der Waals surface area contributed by atoms with Crippen LogP contribution >= 0.6 is 0 Å². The van der Waals surface area contributed by atoms with E-state index in [1.54, 1.807) is 0 Å². The summed E-state index contributed by atoms with van der Waals surface area (Å²) in [6, 6.07) is 2.83. The van der Waals surface area contributed by atoms with Gasteiger partial charge in [-0.2, -0.15) is 21.6 Å². The molecule has 0 aliphatic carbocycles. The molecule has 4 nitrogen and oxygen atoms in total. The smallest absolute Gasteiger partial charge is 0.355 e. The summed E-state index contributed by atoms with van der Waals surface area (Å²) >= 11 is 0. The second kappa shape index (κ2) is 3.69. The number of halogens is 3. The summed E-state index contributed by atoms with van der Waals surface area (Å²) in [4.78, 5) is 3.38. The zero-order valence-electron chi connectivity index (χ0n) is 7.45. The minimum Gasteiger partial charge on any atom is -0.355 e. The zero-order valence-corrected chi connectivity index (χ0v) is 8.26. The Labute approximate surface area is 83.8 Å². The van der Waals surface area contributed by atoms with Crippen LogP contribution in [0.4, 0.5) is 13.2 Å². The summed E-state index contributed by atoms with van der Waals surface area (Å²) in [5, 5.41) is 0. The average Bonchev–Trinajstić information content (AvgIpc) is 2.06. The fourth-order valence-corrected chi connectivity index (χ4v) is 1.19. The van der Waals surface area contributed by atoms with Gasteiger partial charge in [0.05, 0.1) is 0 Å². The minimum absolute atomic E-state index is 0.199. The Morgan fingerprint density at radius 1 is 1.40 bits per heavy atom. The molecule has 0 aliphatic rings. The Bertz CT molecular complexity index is 455. The molecule has 0 aliphatic heterocycles. The first-order valence-electron chi connectivity index (χ1n) is 3.66. The molecular formula is C7H6F3NO3S. The van der Waals surface area contributed by atoms with Crippen molar-refractivity contribution in [3.8, 4) is 5.88 Å². The Morgan fingerprint density at radius 2 is 2.00 bits per heavy atom. The molecule has 0 bridgehead atoms. The fourth-order valence-electron chi connectivity index (χ4n) is 0.710. The molecule has 0 radical (unpaired) electrons. The van der Waals surface area contributed by atoms with E-state index in [9.17, 15) is 21.6 Å². The molecule has 1 aromatic heterocycles. The first-order chi connectivity index (χ1) is 6.74. The molecule has 8 heteroatoms. The lowest BCUT2D eigenvalue weighted by Gasteiger charge is -2.09. The van der Waals surface area contributed by atoms with Crippen molar-refractivity contribution in [1.82, 2.24) is 4.98 Å². The number of nitrogens with zero attached hydrogens (tertiary/aromatic N) is 1. The van der Waals surface area contributed by atoms with Crippen molar-refractivity contribution in [2.75, 3.05) is 0 Å². The average molecular weight is 241 g/mol. The lowest BCUT2D eigenvalue weighted by molar-refractivity contribution is -0.0501. The first kappa shape index (κ1) is 11.8. The summed E-state index contributed by atoms with van der Waals surface area (Å²) in [5.74, 6) is -0.574. The zero-order chi connectivity index (χ0) is 11.7. The van der Waals surface area contributed by atoms with E-state index in [2.05, 4.69) is 9.17 Å². The molecule has 84 valence electrons. The van der Waals surface area contributed by atoms with Gasteiger partial charge in [0.2, 0.25) is 5.88 Å². The van der Waals surface area contributed by atoms with Crippen molar-refractivity contribution in [1.29, 1.82) is 0 Å². The number of alkyl halides is 3. The van der Waals surface area contributed by atoms with E-state index in [1.807, 2.05) is 0 Å². The van der Waals surface area contributed by atoms with Crippen molar-refractivity contribution < 1.29 is 25.8 Å². The maximum atomic E-state index is 11.9. The van der Waals surface area contributed by atoms with E-state index in [4.69, 9.17) is 0 Å². The van der Waals surface area contributed by atoms with Crippen molar-refractivity contribution in [3.63, 3.8) is 0 Å². The van der Waals surface area contributed by atoms with Crippen LogP contribution in [0.1, 0.15) is 5.56 Å². The van der Waals surface area contributed by atoms with Gasteiger partial charge in [0.25, 0.3) is 0 Å². The highest BCUT2D eigenvalue weighted by Gasteiger charge is 2.49. The van der Waals surface area contributed by atoms with Gasteiger partial charge in [-0.3, -0.25) is 0 Å². The number of hydrogen-bond donors (Lipinski definition) is 0. The third kappa shape index (κ3) is 2.58. The minimum atomic E-state index is -5.64. The lowest BCUT2D eigenvalue weighted by Crippen LogP contribution is -2.28. The first-order valence-corrected chi connectivity index (χ1v) is 5.07. The molecule has 0 unspecified atom stereocenters. The van der Waals surface area contributed by atoms with Gasteiger partial charge in [0.15, 0.2) is 0 Å². The molecule has 0 spiro atoms. The van der Waals surface area contributed by atoms with Gasteiger partial charge in [-0.05, 0) is 13.0 Å². The van der Waals surface area contributed by atoms with Crippen LogP contribution in [0.2, 0.25) is 0 Å². The van der Waals surface area contributed by atoms with Crippen LogP contribution < -0.4 is 4.18 Å². The standard InChI is InChI=1S/C7H6F3NO3S/c1-5-3-2-4-11-6(5)14-15(12,13)7(8,9)10/h2-4H,1H3. The van der Waals surface area contributed by atoms with E-state index in [0.29, 0.717) is 0 Å². The van der Waals surface area contributed by atoms with Gasteiger partial charge in [-0.1, -0.05) is 6.07 Å². The van der Waals surface area contributed by atoms with Crippen molar-refractivity contribution >= 4 is 10.1 Å². The maximum absolute atomic E-state index is 11.9. The number of pyridine rings is 1. The van der Waals surface area contributed by atoms with Crippen LogP contribution in [-0.4, -0.2) is 18.9 Å². The second-order valence-electron chi connectivity index (χ2n) is 2.61. The van der Waals surface area contributed by atoms with Crippen LogP contribution in [0.3, 0.4) is 0 Å². The summed E-state index contributed by atoms with van der Waals surface area (Å²) < 4.78 is 60.7. The summed E-state index contributed by atoms with van der Waals surface area (Å²) in [7, 11) is -5.64.